The maximum atomic E-state index is 13.3. The van der Waals surface area contributed by atoms with Crippen LogP contribution in [0.1, 0.15) is 29.5 Å². The van der Waals surface area contributed by atoms with Crippen molar-refractivity contribution in [2.24, 2.45) is 5.92 Å². The number of aryl methyl sites for hydroxylation is 3. The van der Waals surface area contributed by atoms with E-state index in [-0.39, 0.29) is 11.8 Å². The molecule has 2 fully saturated rings. The molecule has 7 heteroatoms. The Bertz CT molecular complexity index is 1050. The molecule has 6 nitrogen and oxygen atoms in total. The van der Waals surface area contributed by atoms with Gasteiger partial charge < -0.3 is 9.80 Å². The Labute approximate surface area is 191 Å². The van der Waals surface area contributed by atoms with Crippen LogP contribution in [0.2, 0.25) is 0 Å². The SMILES string of the molecule is Cc1cc(C)c(S(=O)(=O)N2CCC(C(=O)N3CCN(c4ccccc4)CC3)CC2)c(C)c1. The van der Waals surface area contributed by atoms with E-state index in [4.69, 9.17) is 0 Å². The van der Waals surface area contributed by atoms with Crippen LogP contribution in [0.4, 0.5) is 5.69 Å². The van der Waals surface area contributed by atoms with E-state index in [0.717, 1.165) is 29.8 Å². The van der Waals surface area contributed by atoms with Crippen molar-refractivity contribution < 1.29 is 13.2 Å². The number of hydrogen-bond donors (Lipinski definition) is 0. The van der Waals surface area contributed by atoms with E-state index < -0.39 is 10.0 Å². The minimum Gasteiger partial charge on any atom is -0.368 e. The molecule has 2 aromatic carbocycles. The number of piperazine rings is 1. The summed E-state index contributed by atoms with van der Waals surface area (Å²) in [6.45, 7) is 9.58. The normalized spacial score (nSPS) is 18.7. The van der Waals surface area contributed by atoms with Crippen molar-refractivity contribution in [2.75, 3.05) is 44.2 Å². The molecule has 4 rings (SSSR count). The van der Waals surface area contributed by atoms with Gasteiger partial charge in [0.15, 0.2) is 0 Å². The zero-order valence-electron chi connectivity index (χ0n) is 19.3. The molecule has 0 bridgehead atoms. The van der Waals surface area contributed by atoms with E-state index >= 15 is 0 Å². The number of rotatable bonds is 4. The predicted molar refractivity (Wildman–Crippen MR) is 127 cm³/mol. The van der Waals surface area contributed by atoms with Crippen LogP contribution in [0.3, 0.4) is 0 Å². The summed E-state index contributed by atoms with van der Waals surface area (Å²) in [5.41, 5.74) is 3.84. The van der Waals surface area contributed by atoms with Gasteiger partial charge in [0, 0.05) is 50.9 Å². The second kappa shape index (κ2) is 9.24. The van der Waals surface area contributed by atoms with Gasteiger partial charge in [-0.1, -0.05) is 35.9 Å². The number of piperidine rings is 1. The number of benzene rings is 2. The van der Waals surface area contributed by atoms with Gasteiger partial charge in [-0.25, -0.2) is 8.42 Å². The molecule has 32 heavy (non-hydrogen) atoms. The topological polar surface area (TPSA) is 60.9 Å². The first-order valence-electron chi connectivity index (χ1n) is 11.4. The first kappa shape index (κ1) is 22.8. The monoisotopic (exact) mass is 455 g/mol. The summed E-state index contributed by atoms with van der Waals surface area (Å²) in [7, 11) is -3.55. The van der Waals surface area contributed by atoms with Gasteiger partial charge in [0.05, 0.1) is 4.90 Å². The van der Waals surface area contributed by atoms with Gasteiger partial charge in [0.25, 0.3) is 0 Å². The number of anilines is 1. The number of carbonyl (C=O) groups is 1. The highest BCUT2D eigenvalue weighted by Gasteiger charge is 2.35. The predicted octanol–water partition coefficient (Wildman–Crippen LogP) is 3.36. The van der Waals surface area contributed by atoms with Gasteiger partial charge in [-0.15, -0.1) is 0 Å². The fraction of sp³-hybridized carbons (Fsp3) is 0.480. The van der Waals surface area contributed by atoms with Crippen LogP contribution in [0.5, 0.6) is 0 Å². The van der Waals surface area contributed by atoms with Crippen LogP contribution in [-0.4, -0.2) is 62.8 Å². The summed E-state index contributed by atoms with van der Waals surface area (Å²) in [5, 5.41) is 0. The van der Waals surface area contributed by atoms with Crippen LogP contribution < -0.4 is 4.90 Å². The maximum absolute atomic E-state index is 13.3. The molecule has 2 aliphatic rings. The van der Waals surface area contributed by atoms with Crippen molar-refractivity contribution in [3.63, 3.8) is 0 Å². The Morgan fingerprint density at radius 2 is 1.41 bits per heavy atom. The Morgan fingerprint density at radius 3 is 1.97 bits per heavy atom. The van der Waals surface area contributed by atoms with Crippen molar-refractivity contribution in [1.82, 2.24) is 9.21 Å². The summed E-state index contributed by atoms with van der Waals surface area (Å²) in [6, 6.07) is 14.1. The van der Waals surface area contributed by atoms with E-state index in [2.05, 4.69) is 17.0 Å². The highest BCUT2D eigenvalue weighted by atomic mass is 32.2. The average Bonchev–Trinajstić information content (AvgIpc) is 2.78. The second-order valence-corrected chi connectivity index (χ2v) is 10.9. The Balaban J connectivity index is 1.35. The van der Waals surface area contributed by atoms with E-state index in [1.807, 2.05) is 56.0 Å². The van der Waals surface area contributed by atoms with Crippen molar-refractivity contribution in [3.8, 4) is 0 Å². The van der Waals surface area contributed by atoms with E-state index in [1.54, 1.807) is 4.31 Å². The maximum Gasteiger partial charge on any atom is 0.243 e. The van der Waals surface area contributed by atoms with Crippen LogP contribution in [0, 0.1) is 26.7 Å². The van der Waals surface area contributed by atoms with E-state index in [1.165, 1.54) is 5.69 Å². The molecule has 0 atom stereocenters. The number of amides is 1. The van der Waals surface area contributed by atoms with Crippen LogP contribution in [0.15, 0.2) is 47.4 Å². The fourth-order valence-corrected chi connectivity index (χ4v) is 7.01. The van der Waals surface area contributed by atoms with Crippen molar-refractivity contribution >= 4 is 21.6 Å². The van der Waals surface area contributed by atoms with Gasteiger partial charge in [-0.2, -0.15) is 4.31 Å². The third-order valence-corrected chi connectivity index (χ3v) is 8.92. The molecule has 2 aliphatic heterocycles. The number of carbonyl (C=O) groups excluding carboxylic acids is 1. The lowest BCUT2D eigenvalue weighted by molar-refractivity contribution is -0.137. The number of hydrogen-bond acceptors (Lipinski definition) is 4. The quantitative estimate of drug-likeness (QED) is 0.709. The fourth-order valence-electron chi connectivity index (χ4n) is 5.13. The third-order valence-electron chi connectivity index (χ3n) is 6.72. The molecule has 172 valence electrons. The zero-order valence-corrected chi connectivity index (χ0v) is 20.1. The lowest BCUT2D eigenvalue weighted by atomic mass is 9.96. The first-order chi connectivity index (χ1) is 15.3. The smallest absolute Gasteiger partial charge is 0.243 e. The lowest BCUT2D eigenvalue weighted by Crippen LogP contribution is -2.52. The Hall–Kier alpha value is -2.38. The largest absolute Gasteiger partial charge is 0.368 e. The molecular weight excluding hydrogens is 422 g/mol. The molecule has 0 aromatic heterocycles. The van der Waals surface area contributed by atoms with Crippen LogP contribution in [0.25, 0.3) is 0 Å². The molecule has 2 heterocycles. The first-order valence-corrected chi connectivity index (χ1v) is 12.9. The number of sulfonamides is 1. The summed E-state index contributed by atoms with van der Waals surface area (Å²) >= 11 is 0. The molecule has 0 unspecified atom stereocenters. The minimum atomic E-state index is -3.55. The van der Waals surface area contributed by atoms with Gasteiger partial charge in [-0.3, -0.25) is 4.79 Å². The standard InChI is InChI=1S/C25H33N3O3S/c1-19-17-20(2)24(21(3)18-19)32(30,31)28-11-9-22(10-12-28)25(29)27-15-13-26(14-16-27)23-7-5-4-6-8-23/h4-8,17-18,22H,9-16H2,1-3H3. The van der Waals surface area contributed by atoms with E-state index in [9.17, 15) is 13.2 Å². The molecule has 0 saturated carbocycles. The molecule has 0 spiro atoms. The highest BCUT2D eigenvalue weighted by molar-refractivity contribution is 7.89. The van der Waals surface area contributed by atoms with Crippen molar-refractivity contribution in [3.05, 3.63) is 59.2 Å². The van der Waals surface area contributed by atoms with Gasteiger partial charge in [0.1, 0.15) is 0 Å². The number of para-hydroxylation sites is 1. The van der Waals surface area contributed by atoms with Crippen LogP contribution in [-0.2, 0) is 14.8 Å². The summed E-state index contributed by atoms with van der Waals surface area (Å²) in [6.07, 6.45) is 1.17. The minimum absolute atomic E-state index is 0.0927. The summed E-state index contributed by atoms with van der Waals surface area (Å²) < 4.78 is 28.2. The average molecular weight is 456 g/mol. The molecule has 0 N–H and O–H groups in total. The van der Waals surface area contributed by atoms with Crippen molar-refractivity contribution in [2.45, 2.75) is 38.5 Å². The molecular formula is C25H33N3O3S. The van der Waals surface area contributed by atoms with Crippen molar-refractivity contribution in [1.29, 1.82) is 0 Å². The summed E-state index contributed by atoms with van der Waals surface area (Å²) in [4.78, 5) is 17.8. The van der Waals surface area contributed by atoms with E-state index in [0.29, 0.717) is 43.9 Å². The molecule has 0 radical (unpaired) electrons. The van der Waals surface area contributed by atoms with Gasteiger partial charge in [0.2, 0.25) is 15.9 Å². The van der Waals surface area contributed by atoms with Gasteiger partial charge >= 0.3 is 0 Å². The highest BCUT2D eigenvalue weighted by Crippen LogP contribution is 2.29. The third kappa shape index (κ3) is 4.55. The molecule has 2 saturated heterocycles. The molecule has 0 aliphatic carbocycles. The Morgan fingerprint density at radius 1 is 0.844 bits per heavy atom. The summed E-state index contributed by atoms with van der Waals surface area (Å²) in [5.74, 6) is 0.0855. The number of nitrogens with zero attached hydrogens (tertiary/aromatic N) is 3. The molecule has 2 aromatic rings. The molecule has 1 amide bonds. The lowest BCUT2D eigenvalue weighted by Gasteiger charge is -2.39. The second-order valence-electron chi connectivity index (χ2n) is 9.05. The zero-order chi connectivity index (χ0) is 22.9. The Kier molecular flexibility index (Phi) is 6.58. The van der Waals surface area contributed by atoms with Crippen LogP contribution >= 0.6 is 0 Å². The van der Waals surface area contributed by atoms with Gasteiger partial charge in [-0.05, 0) is 56.9 Å².